The fourth-order valence-electron chi connectivity index (χ4n) is 1.93. The molecule has 1 aromatic heterocycles. The lowest BCUT2D eigenvalue weighted by Gasteiger charge is -2.15. The molecule has 0 bridgehead atoms. The molecule has 6 nitrogen and oxygen atoms in total. The first kappa shape index (κ1) is 17.0. The molecular weight excluding hydrogens is 316 g/mol. The summed E-state index contributed by atoms with van der Waals surface area (Å²) >= 11 is 1.48. The largest absolute Gasteiger partial charge is 0.489 e. The third-order valence-electron chi connectivity index (χ3n) is 2.95. The Morgan fingerprint density at radius 2 is 2.17 bits per heavy atom. The highest BCUT2D eigenvalue weighted by molar-refractivity contribution is 7.07. The van der Waals surface area contributed by atoms with E-state index in [0.717, 1.165) is 5.69 Å². The Bertz CT molecular complexity index is 683. The quantitative estimate of drug-likeness (QED) is 0.812. The maximum Gasteiger partial charge on any atom is 0.335 e. The number of hydrogen-bond donors (Lipinski definition) is 2. The number of rotatable bonds is 7. The second-order valence-electron chi connectivity index (χ2n) is 5.21. The zero-order valence-corrected chi connectivity index (χ0v) is 13.7. The Labute approximate surface area is 138 Å². The highest BCUT2D eigenvalue weighted by Gasteiger charge is 2.13. The molecule has 0 saturated heterocycles. The summed E-state index contributed by atoms with van der Waals surface area (Å²) in [4.78, 5) is 27.3. The lowest BCUT2D eigenvalue weighted by molar-refractivity contribution is -0.116. The first-order chi connectivity index (χ1) is 11.0. The monoisotopic (exact) mass is 334 g/mol. The van der Waals surface area contributed by atoms with Crippen molar-refractivity contribution >= 4 is 28.9 Å². The van der Waals surface area contributed by atoms with E-state index in [-0.39, 0.29) is 24.0 Å². The van der Waals surface area contributed by atoms with Gasteiger partial charge in [0.2, 0.25) is 5.91 Å². The molecule has 2 aromatic rings. The van der Waals surface area contributed by atoms with Crippen LogP contribution in [0.1, 0.15) is 36.3 Å². The van der Waals surface area contributed by atoms with E-state index in [9.17, 15) is 9.59 Å². The van der Waals surface area contributed by atoms with Gasteiger partial charge < -0.3 is 15.2 Å². The average Bonchev–Trinajstić information content (AvgIpc) is 2.99. The van der Waals surface area contributed by atoms with Gasteiger partial charge in [-0.1, -0.05) is 0 Å². The van der Waals surface area contributed by atoms with E-state index in [1.807, 2.05) is 19.2 Å². The topological polar surface area (TPSA) is 88.5 Å². The Morgan fingerprint density at radius 1 is 1.39 bits per heavy atom. The number of nitrogens with one attached hydrogen (secondary N) is 1. The van der Waals surface area contributed by atoms with Crippen molar-refractivity contribution in [3.05, 3.63) is 40.3 Å². The van der Waals surface area contributed by atoms with Crippen LogP contribution in [0.3, 0.4) is 0 Å². The number of aryl methyl sites for hydroxylation is 1. The number of thiazole rings is 1. The molecule has 2 rings (SSSR count). The summed E-state index contributed by atoms with van der Waals surface area (Å²) in [6.07, 6.45) is 0.715. The van der Waals surface area contributed by atoms with Gasteiger partial charge in [-0.2, -0.15) is 0 Å². The number of carbonyl (C=O) groups is 2. The normalized spacial score (nSPS) is 10.6. The van der Waals surface area contributed by atoms with Crippen molar-refractivity contribution in [1.82, 2.24) is 4.98 Å². The average molecular weight is 334 g/mol. The van der Waals surface area contributed by atoms with Gasteiger partial charge in [0.15, 0.2) is 0 Å². The molecule has 7 heteroatoms. The molecule has 23 heavy (non-hydrogen) atoms. The summed E-state index contributed by atoms with van der Waals surface area (Å²) in [6.45, 7) is 3.72. The minimum absolute atomic E-state index is 0.0867. The summed E-state index contributed by atoms with van der Waals surface area (Å²) < 4.78 is 5.61. The summed E-state index contributed by atoms with van der Waals surface area (Å²) in [6, 6.07) is 4.41. The molecule has 0 radical (unpaired) electrons. The number of carboxylic acid groups (broad SMARTS) is 1. The van der Waals surface area contributed by atoms with Gasteiger partial charge in [0.05, 0.1) is 28.6 Å². The van der Waals surface area contributed by atoms with Gasteiger partial charge in [-0.15, -0.1) is 11.3 Å². The van der Waals surface area contributed by atoms with E-state index in [1.54, 1.807) is 11.6 Å². The van der Waals surface area contributed by atoms with Crippen molar-refractivity contribution in [2.24, 2.45) is 0 Å². The fraction of sp³-hybridized carbons (Fsp3) is 0.312. The Kier molecular flexibility index (Phi) is 5.70. The van der Waals surface area contributed by atoms with Gasteiger partial charge in [0.1, 0.15) is 5.75 Å². The molecule has 0 aliphatic heterocycles. The molecule has 0 aliphatic carbocycles. The maximum absolute atomic E-state index is 12.1. The van der Waals surface area contributed by atoms with Gasteiger partial charge in [-0.05, 0) is 38.5 Å². The van der Waals surface area contributed by atoms with Crippen molar-refractivity contribution in [2.75, 3.05) is 5.32 Å². The molecule has 1 heterocycles. The number of nitrogens with zero attached hydrogens (tertiary/aromatic N) is 1. The minimum Gasteiger partial charge on any atom is -0.489 e. The van der Waals surface area contributed by atoms with Gasteiger partial charge >= 0.3 is 5.97 Å². The van der Waals surface area contributed by atoms with Crippen molar-refractivity contribution in [3.8, 4) is 5.75 Å². The zero-order chi connectivity index (χ0) is 16.8. The number of carboxylic acids is 1. The molecule has 1 aromatic carbocycles. The zero-order valence-electron chi connectivity index (χ0n) is 12.9. The third kappa shape index (κ3) is 5.07. The van der Waals surface area contributed by atoms with Crippen LogP contribution < -0.4 is 10.1 Å². The van der Waals surface area contributed by atoms with Gasteiger partial charge in [-0.3, -0.25) is 4.79 Å². The van der Waals surface area contributed by atoms with Gasteiger partial charge in [-0.25, -0.2) is 9.78 Å². The van der Waals surface area contributed by atoms with Crippen molar-refractivity contribution in [3.63, 3.8) is 0 Å². The standard InChI is InChI=1S/C16H18N2O4S/c1-10(2)22-14-5-3-11(16(20)21)7-13(14)18-15(19)6-4-12-8-23-9-17-12/h3,5,7-10H,4,6H2,1-2H3,(H,18,19)(H,20,21). The van der Waals surface area contributed by atoms with Gasteiger partial charge in [0.25, 0.3) is 0 Å². The van der Waals surface area contributed by atoms with E-state index in [4.69, 9.17) is 9.84 Å². The highest BCUT2D eigenvalue weighted by Crippen LogP contribution is 2.27. The molecule has 1 amide bonds. The number of amides is 1. The predicted octanol–water partition coefficient (Wildman–Crippen LogP) is 3.20. The van der Waals surface area contributed by atoms with Crippen LogP contribution in [0.5, 0.6) is 5.75 Å². The number of hydrogen-bond acceptors (Lipinski definition) is 5. The molecule has 0 aliphatic rings. The summed E-state index contributed by atoms with van der Waals surface area (Å²) in [5.74, 6) is -0.819. The molecule has 0 spiro atoms. The second-order valence-corrected chi connectivity index (χ2v) is 5.93. The van der Waals surface area contributed by atoms with Crippen LogP contribution in [-0.2, 0) is 11.2 Å². The number of carbonyl (C=O) groups excluding carboxylic acids is 1. The molecule has 0 atom stereocenters. The summed E-state index contributed by atoms with van der Waals surface area (Å²) in [5.41, 5.74) is 3.04. The van der Waals surface area contributed by atoms with E-state index in [1.165, 1.54) is 23.5 Å². The Balaban J connectivity index is 2.10. The van der Waals surface area contributed by atoms with Crippen molar-refractivity contribution in [2.45, 2.75) is 32.8 Å². The molecule has 0 unspecified atom stereocenters. The number of anilines is 1. The van der Waals surface area contributed by atoms with E-state index >= 15 is 0 Å². The van der Waals surface area contributed by atoms with E-state index < -0.39 is 5.97 Å². The smallest absolute Gasteiger partial charge is 0.335 e. The van der Waals surface area contributed by atoms with Crippen molar-refractivity contribution < 1.29 is 19.4 Å². The number of aromatic nitrogens is 1. The Hall–Kier alpha value is -2.41. The fourth-order valence-corrected chi connectivity index (χ4v) is 2.53. The van der Waals surface area contributed by atoms with Crippen LogP contribution in [0.2, 0.25) is 0 Å². The van der Waals surface area contributed by atoms with E-state index in [2.05, 4.69) is 10.3 Å². The lowest BCUT2D eigenvalue weighted by atomic mass is 10.1. The molecule has 0 fully saturated rings. The number of benzene rings is 1. The van der Waals surface area contributed by atoms with Crippen LogP contribution in [0.25, 0.3) is 0 Å². The van der Waals surface area contributed by atoms with Crippen molar-refractivity contribution in [1.29, 1.82) is 0 Å². The van der Waals surface area contributed by atoms with Gasteiger partial charge in [0, 0.05) is 11.8 Å². The van der Waals surface area contributed by atoms with Crippen LogP contribution in [0.15, 0.2) is 29.1 Å². The summed E-state index contributed by atoms with van der Waals surface area (Å²) in [5, 5.41) is 13.7. The molecule has 2 N–H and O–H groups in total. The summed E-state index contributed by atoms with van der Waals surface area (Å²) in [7, 11) is 0. The maximum atomic E-state index is 12.1. The highest BCUT2D eigenvalue weighted by atomic mass is 32.1. The number of aromatic carboxylic acids is 1. The first-order valence-corrected chi connectivity index (χ1v) is 8.11. The molecule has 0 saturated carbocycles. The van der Waals surface area contributed by atoms with Crippen LogP contribution >= 0.6 is 11.3 Å². The molecule has 122 valence electrons. The first-order valence-electron chi connectivity index (χ1n) is 7.16. The molecular formula is C16H18N2O4S. The number of ether oxygens (including phenoxy) is 1. The lowest BCUT2D eigenvalue weighted by Crippen LogP contribution is -2.15. The third-order valence-corrected chi connectivity index (χ3v) is 3.59. The second kappa shape index (κ2) is 7.73. The SMILES string of the molecule is CC(C)Oc1ccc(C(=O)O)cc1NC(=O)CCc1cscn1. The predicted molar refractivity (Wildman–Crippen MR) is 88.2 cm³/mol. The minimum atomic E-state index is -1.06. The van der Waals surface area contributed by atoms with Crippen LogP contribution in [0, 0.1) is 0 Å². The van der Waals surface area contributed by atoms with Crippen LogP contribution in [0.4, 0.5) is 5.69 Å². The van der Waals surface area contributed by atoms with E-state index in [0.29, 0.717) is 17.9 Å². The Morgan fingerprint density at radius 3 is 2.78 bits per heavy atom. The van der Waals surface area contributed by atoms with Crippen LogP contribution in [-0.4, -0.2) is 28.1 Å².